The van der Waals surface area contributed by atoms with Gasteiger partial charge in [0.1, 0.15) is 6.04 Å². The molecule has 1 fully saturated rings. The van der Waals surface area contributed by atoms with Gasteiger partial charge in [0.05, 0.1) is 0 Å². The zero-order valence-electron chi connectivity index (χ0n) is 13.7. The quantitative estimate of drug-likeness (QED) is 0.898. The lowest BCUT2D eigenvalue weighted by atomic mass is 9.90. The highest BCUT2D eigenvalue weighted by Gasteiger charge is 2.39. The summed E-state index contributed by atoms with van der Waals surface area (Å²) in [7, 11) is 0. The Kier molecular flexibility index (Phi) is 3.83. The van der Waals surface area contributed by atoms with Gasteiger partial charge >= 0.3 is 0 Å². The van der Waals surface area contributed by atoms with E-state index in [1.165, 1.54) is 24.0 Å². The summed E-state index contributed by atoms with van der Waals surface area (Å²) in [6.45, 7) is 3.04. The molecule has 4 nitrogen and oxygen atoms in total. The molecule has 1 aromatic carbocycles. The summed E-state index contributed by atoms with van der Waals surface area (Å²) < 4.78 is 0. The number of nitrogens with zero attached hydrogens (tertiary/aromatic N) is 1. The van der Waals surface area contributed by atoms with Crippen LogP contribution in [0.3, 0.4) is 0 Å². The molecule has 1 saturated carbocycles. The number of aryl methyl sites for hydroxylation is 1. The van der Waals surface area contributed by atoms with Crippen LogP contribution in [-0.2, 0) is 11.2 Å². The number of fused-ring (bicyclic) bond motifs is 1. The van der Waals surface area contributed by atoms with Gasteiger partial charge in [0.25, 0.3) is 0 Å². The first-order valence-corrected chi connectivity index (χ1v) is 8.88. The van der Waals surface area contributed by atoms with E-state index in [0.29, 0.717) is 11.8 Å². The molecule has 2 aliphatic heterocycles. The Bertz CT molecular complexity index is 636. The second-order valence-electron chi connectivity index (χ2n) is 7.24. The first kappa shape index (κ1) is 14.7. The van der Waals surface area contributed by atoms with Crippen molar-refractivity contribution in [3.63, 3.8) is 0 Å². The van der Waals surface area contributed by atoms with Gasteiger partial charge in [-0.05, 0) is 49.7 Å². The number of amides is 1. The zero-order chi connectivity index (χ0) is 15.8. The van der Waals surface area contributed by atoms with Crippen LogP contribution in [0.25, 0.3) is 0 Å². The van der Waals surface area contributed by atoms with Gasteiger partial charge < -0.3 is 10.6 Å². The Morgan fingerprint density at radius 1 is 1.35 bits per heavy atom. The lowest BCUT2D eigenvalue weighted by molar-refractivity contribution is -0.122. The maximum absolute atomic E-state index is 12.8. The van der Waals surface area contributed by atoms with Gasteiger partial charge in [0.15, 0.2) is 0 Å². The minimum atomic E-state index is -0.132. The van der Waals surface area contributed by atoms with Crippen molar-refractivity contribution >= 4 is 17.8 Å². The summed E-state index contributed by atoms with van der Waals surface area (Å²) in [6, 6.07) is 6.43. The van der Waals surface area contributed by atoms with E-state index >= 15 is 0 Å². The highest BCUT2D eigenvalue weighted by Crippen LogP contribution is 2.37. The van der Waals surface area contributed by atoms with Crippen LogP contribution < -0.4 is 10.6 Å². The van der Waals surface area contributed by atoms with Crippen molar-refractivity contribution < 1.29 is 4.79 Å². The van der Waals surface area contributed by atoms with E-state index in [1.54, 1.807) is 0 Å². The predicted molar refractivity (Wildman–Crippen MR) is 93.0 cm³/mol. The average molecular weight is 311 g/mol. The van der Waals surface area contributed by atoms with Crippen molar-refractivity contribution in [3.05, 3.63) is 29.3 Å². The molecule has 122 valence electrons. The second-order valence-corrected chi connectivity index (χ2v) is 7.24. The minimum Gasteiger partial charge on any atom is -0.373 e. The summed E-state index contributed by atoms with van der Waals surface area (Å²) >= 11 is 0. The fraction of sp³-hybridized carbons (Fsp3) is 0.579. The third-order valence-electron chi connectivity index (χ3n) is 5.44. The van der Waals surface area contributed by atoms with Gasteiger partial charge in [-0.1, -0.05) is 18.2 Å². The number of rotatable bonds is 4. The van der Waals surface area contributed by atoms with Crippen LogP contribution in [0.4, 0.5) is 5.69 Å². The fourth-order valence-electron chi connectivity index (χ4n) is 3.98. The Labute approximate surface area is 137 Å². The van der Waals surface area contributed by atoms with Crippen LogP contribution in [0.2, 0.25) is 0 Å². The van der Waals surface area contributed by atoms with Gasteiger partial charge in [-0.15, -0.1) is 0 Å². The Hall–Kier alpha value is -1.84. The van der Waals surface area contributed by atoms with E-state index in [9.17, 15) is 4.79 Å². The summed E-state index contributed by atoms with van der Waals surface area (Å²) in [5.41, 5.74) is 3.62. The molecule has 0 radical (unpaired) electrons. The first-order chi connectivity index (χ1) is 11.2. The number of hydrogen-bond donors (Lipinski definition) is 2. The first-order valence-electron chi connectivity index (χ1n) is 8.88. The molecule has 0 spiro atoms. The summed E-state index contributed by atoms with van der Waals surface area (Å²) in [4.78, 5) is 17.2. The molecule has 0 saturated heterocycles. The Morgan fingerprint density at radius 3 is 2.91 bits per heavy atom. The largest absolute Gasteiger partial charge is 0.373 e. The average Bonchev–Trinajstić information content (AvgIpc) is 3.31. The lowest BCUT2D eigenvalue weighted by Gasteiger charge is -2.28. The third-order valence-corrected chi connectivity index (χ3v) is 5.44. The van der Waals surface area contributed by atoms with Crippen LogP contribution in [0.15, 0.2) is 23.2 Å². The van der Waals surface area contributed by atoms with Crippen LogP contribution in [0.5, 0.6) is 0 Å². The van der Waals surface area contributed by atoms with E-state index < -0.39 is 0 Å². The summed E-state index contributed by atoms with van der Waals surface area (Å²) in [5.74, 6) is 1.22. The zero-order valence-corrected chi connectivity index (χ0v) is 13.7. The van der Waals surface area contributed by atoms with Crippen molar-refractivity contribution in [2.24, 2.45) is 16.8 Å². The molecule has 4 heteroatoms. The van der Waals surface area contributed by atoms with Crippen LogP contribution in [0.1, 0.15) is 36.8 Å². The fourth-order valence-corrected chi connectivity index (χ4v) is 3.98. The van der Waals surface area contributed by atoms with E-state index in [2.05, 4.69) is 47.0 Å². The third kappa shape index (κ3) is 2.99. The molecular weight excluding hydrogens is 286 g/mol. The lowest BCUT2D eigenvalue weighted by Crippen LogP contribution is -2.48. The molecule has 23 heavy (non-hydrogen) atoms. The van der Waals surface area contributed by atoms with Crippen molar-refractivity contribution in [1.29, 1.82) is 0 Å². The smallest absolute Gasteiger partial charge is 0.243 e. The molecular formula is C19H25N3O. The number of hydrogen-bond acceptors (Lipinski definition) is 3. The van der Waals surface area contributed by atoms with Gasteiger partial charge in [-0.2, -0.15) is 0 Å². The molecule has 1 aliphatic carbocycles. The molecule has 4 rings (SSSR count). The summed E-state index contributed by atoms with van der Waals surface area (Å²) in [6.07, 6.45) is 7.67. The molecule has 0 aromatic heterocycles. The monoisotopic (exact) mass is 311 g/mol. The van der Waals surface area contributed by atoms with Crippen molar-refractivity contribution in [2.75, 3.05) is 11.9 Å². The normalized spacial score (nSPS) is 27.2. The molecule has 3 aliphatic rings. The van der Waals surface area contributed by atoms with E-state index in [4.69, 9.17) is 0 Å². The molecule has 3 atom stereocenters. The minimum absolute atomic E-state index is 0.132. The van der Waals surface area contributed by atoms with Gasteiger partial charge in [0.2, 0.25) is 5.91 Å². The number of aliphatic imine (C=N–C) groups is 1. The molecule has 2 N–H and O–H groups in total. The number of carbonyl (C=O) groups excluding carboxylic acids is 1. The van der Waals surface area contributed by atoms with Crippen molar-refractivity contribution in [2.45, 2.75) is 51.1 Å². The Balaban J connectivity index is 1.44. The molecule has 1 amide bonds. The van der Waals surface area contributed by atoms with E-state index in [1.807, 2.05) is 0 Å². The van der Waals surface area contributed by atoms with Gasteiger partial charge in [-0.25, -0.2) is 0 Å². The number of anilines is 1. The number of nitrogens with one attached hydrogen (secondary N) is 2. The number of benzene rings is 1. The number of carbonyl (C=O) groups is 1. The van der Waals surface area contributed by atoms with E-state index in [-0.39, 0.29) is 18.0 Å². The van der Waals surface area contributed by atoms with Gasteiger partial charge in [-0.3, -0.25) is 9.79 Å². The highest BCUT2D eigenvalue weighted by molar-refractivity contribution is 5.88. The standard InChI is InChI=1S/C19H25N3O/c1-12-4-2-5-14-10-16(21-17(12)14)19(23)22-18(13-7-8-13)15-6-3-9-20-11-15/h2,4-5,11,13,15-16,18,21H,3,6-10H2,1H3,(H,22,23). The van der Waals surface area contributed by atoms with Crippen molar-refractivity contribution in [1.82, 2.24) is 5.32 Å². The highest BCUT2D eigenvalue weighted by atomic mass is 16.2. The van der Waals surface area contributed by atoms with Crippen LogP contribution in [-0.4, -0.2) is 30.8 Å². The number of para-hydroxylation sites is 1. The Morgan fingerprint density at radius 2 is 2.22 bits per heavy atom. The predicted octanol–water partition coefficient (Wildman–Crippen LogP) is 2.71. The van der Waals surface area contributed by atoms with Gasteiger partial charge in [0, 0.05) is 36.8 Å². The maximum Gasteiger partial charge on any atom is 0.243 e. The summed E-state index contributed by atoms with van der Waals surface area (Å²) in [5, 5.41) is 6.78. The van der Waals surface area contributed by atoms with Crippen LogP contribution >= 0.6 is 0 Å². The molecule has 2 heterocycles. The van der Waals surface area contributed by atoms with Crippen molar-refractivity contribution in [3.8, 4) is 0 Å². The second kappa shape index (κ2) is 5.99. The molecule has 0 bridgehead atoms. The molecule has 1 aromatic rings. The van der Waals surface area contributed by atoms with Crippen LogP contribution in [0, 0.1) is 18.8 Å². The van der Waals surface area contributed by atoms with E-state index in [0.717, 1.165) is 31.5 Å². The molecule has 3 unspecified atom stereocenters. The maximum atomic E-state index is 12.8. The SMILES string of the molecule is Cc1cccc2c1NC(C(=O)NC(C1C=NCCC1)C1CC1)C2. The topological polar surface area (TPSA) is 53.5 Å².